The molecule has 0 saturated heterocycles. The first-order valence-electron chi connectivity index (χ1n) is 6.75. The van der Waals surface area contributed by atoms with Crippen molar-refractivity contribution in [3.8, 4) is 5.75 Å². The minimum Gasteiger partial charge on any atom is -0.492 e. The summed E-state index contributed by atoms with van der Waals surface area (Å²) in [5, 5.41) is 14.0. The largest absolute Gasteiger partial charge is 0.492 e. The van der Waals surface area contributed by atoms with Crippen molar-refractivity contribution in [3.63, 3.8) is 0 Å². The molecule has 0 aliphatic rings. The van der Waals surface area contributed by atoms with Gasteiger partial charge in [-0.3, -0.25) is 10.1 Å². The number of nitro groups is 1. The van der Waals surface area contributed by atoms with Gasteiger partial charge < -0.3 is 10.1 Å². The molecule has 0 atom stereocenters. The van der Waals surface area contributed by atoms with E-state index in [1.165, 1.54) is 6.07 Å². The van der Waals surface area contributed by atoms with E-state index in [4.69, 9.17) is 4.74 Å². The maximum atomic E-state index is 10.9. The highest BCUT2D eigenvalue weighted by molar-refractivity contribution is 5.59. The van der Waals surface area contributed by atoms with Crippen LogP contribution in [0.2, 0.25) is 0 Å². The van der Waals surface area contributed by atoms with Gasteiger partial charge in [-0.2, -0.15) is 0 Å². The van der Waals surface area contributed by atoms with Crippen molar-refractivity contribution in [2.24, 2.45) is 0 Å². The molecular formula is C16H18N2O3. The fourth-order valence-electron chi connectivity index (χ4n) is 2.07. The van der Waals surface area contributed by atoms with E-state index in [2.05, 4.69) is 5.32 Å². The Morgan fingerprint density at radius 3 is 2.67 bits per heavy atom. The summed E-state index contributed by atoms with van der Waals surface area (Å²) >= 11 is 0. The minimum atomic E-state index is -0.371. The summed E-state index contributed by atoms with van der Waals surface area (Å²) in [6.07, 6.45) is 0. The van der Waals surface area contributed by atoms with Crippen LogP contribution in [0, 0.1) is 24.0 Å². The zero-order valence-electron chi connectivity index (χ0n) is 12.1. The highest BCUT2D eigenvalue weighted by Crippen LogP contribution is 2.24. The number of nitro benzene ring substituents is 1. The lowest BCUT2D eigenvalue weighted by molar-refractivity contribution is -0.385. The van der Waals surface area contributed by atoms with Gasteiger partial charge in [0.2, 0.25) is 0 Å². The quantitative estimate of drug-likeness (QED) is 0.499. The van der Waals surface area contributed by atoms with Crippen LogP contribution in [-0.4, -0.2) is 18.1 Å². The standard InChI is InChI=1S/C16H18N2O3/c1-12-5-3-6-14(11-12)21-10-9-17-15-7-4-8-16(13(15)2)18(19)20/h3-8,11,17H,9-10H2,1-2H3. The molecule has 0 spiro atoms. The van der Waals surface area contributed by atoms with Gasteiger partial charge in [-0.25, -0.2) is 0 Å². The van der Waals surface area contributed by atoms with E-state index in [-0.39, 0.29) is 10.6 Å². The lowest BCUT2D eigenvalue weighted by atomic mass is 10.1. The Morgan fingerprint density at radius 2 is 1.95 bits per heavy atom. The highest BCUT2D eigenvalue weighted by atomic mass is 16.6. The molecule has 21 heavy (non-hydrogen) atoms. The van der Waals surface area contributed by atoms with Gasteiger partial charge in [0.25, 0.3) is 5.69 Å². The van der Waals surface area contributed by atoms with Gasteiger partial charge >= 0.3 is 0 Å². The van der Waals surface area contributed by atoms with Crippen molar-refractivity contribution in [2.75, 3.05) is 18.5 Å². The SMILES string of the molecule is Cc1cccc(OCCNc2cccc([N+](=O)[O-])c2C)c1. The van der Waals surface area contributed by atoms with Gasteiger partial charge in [-0.05, 0) is 37.6 Å². The maximum Gasteiger partial charge on any atom is 0.274 e. The maximum absolute atomic E-state index is 10.9. The molecule has 0 bridgehead atoms. The van der Waals surface area contributed by atoms with Crippen molar-refractivity contribution >= 4 is 11.4 Å². The van der Waals surface area contributed by atoms with Crippen molar-refractivity contribution < 1.29 is 9.66 Å². The predicted molar refractivity (Wildman–Crippen MR) is 83.0 cm³/mol. The number of benzene rings is 2. The number of hydrogen-bond acceptors (Lipinski definition) is 4. The number of hydrogen-bond donors (Lipinski definition) is 1. The Kier molecular flexibility index (Phi) is 4.77. The number of nitrogens with zero attached hydrogens (tertiary/aromatic N) is 1. The normalized spacial score (nSPS) is 10.2. The van der Waals surface area contributed by atoms with Gasteiger partial charge in [-0.15, -0.1) is 0 Å². The van der Waals surface area contributed by atoms with E-state index in [0.29, 0.717) is 18.7 Å². The molecule has 0 radical (unpaired) electrons. The Bertz CT molecular complexity index is 641. The zero-order chi connectivity index (χ0) is 15.2. The summed E-state index contributed by atoms with van der Waals surface area (Å²) < 4.78 is 5.63. The van der Waals surface area contributed by atoms with E-state index in [0.717, 1.165) is 17.0 Å². The molecule has 2 rings (SSSR count). The van der Waals surface area contributed by atoms with Crippen molar-refractivity contribution in [1.82, 2.24) is 0 Å². The molecule has 2 aromatic carbocycles. The Morgan fingerprint density at radius 1 is 1.19 bits per heavy atom. The topological polar surface area (TPSA) is 64.4 Å². The lowest BCUT2D eigenvalue weighted by Crippen LogP contribution is -2.12. The highest BCUT2D eigenvalue weighted by Gasteiger charge is 2.12. The second kappa shape index (κ2) is 6.74. The van der Waals surface area contributed by atoms with E-state index in [1.807, 2.05) is 37.3 Å². The van der Waals surface area contributed by atoms with E-state index in [1.54, 1.807) is 13.0 Å². The zero-order valence-corrected chi connectivity index (χ0v) is 12.1. The number of aryl methyl sites for hydroxylation is 1. The second-order valence-corrected chi connectivity index (χ2v) is 4.80. The van der Waals surface area contributed by atoms with E-state index in [9.17, 15) is 10.1 Å². The molecule has 1 N–H and O–H groups in total. The van der Waals surface area contributed by atoms with Crippen LogP contribution in [0.1, 0.15) is 11.1 Å². The summed E-state index contributed by atoms with van der Waals surface area (Å²) in [6.45, 7) is 4.82. The van der Waals surface area contributed by atoms with Gasteiger partial charge in [0.1, 0.15) is 12.4 Å². The van der Waals surface area contributed by atoms with E-state index >= 15 is 0 Å². The smallest absolute Gasteiger partial charge is 0.274 e. The molecule has 5 nitrogen and oxygen atoms in total. The molecule has 0 fully saturated rings. The number of ether oxygens (including phenoxy) is 1. The molecule has 2 aromatic rings. The Labute approximate surface area is 123 Å². The Balaban J connectivity index is 1.89. The number of nitrogens with one attached hydrogen (secondary N) is 1. The van der Waals surface area contributed by atoms with Crippen LogP contribution < -0.4 is 10.1 Å². The Hall–Kier alpha value is -2.56. The third-order valence-electron chi connectivity index (χ3n) is 3.18. The molecule has 5 heteroatoms. The molecule has 110 valence electrons. The molecule has 0 unspecified atom stereocenters. The van der Waals surface area contributed by atoms with Crippen molar-refractivity contribution in [1.29, 1.82) is 0 Å². The molecular weight excluding hydrogens is 268 g/mol. The van der Waals surface area contributed by atoms with Crippen LogP contribution in [-0.2, 0) is 0 Å². The van der Waals surface area contributed by atoms with Gasteiger partial charge in [0.05, 0.1) is 4.92 Å². The first-order chi connectivity index (χ1) is 10.1. The van der Waals surface area contributed by atoms with Gasteiger partial charge in [0.15, 0.2) is 0 Å². The van der Waals surface area contributed by atoms with Crippen LogP contribution >= 0.6 is 0 Å². The molecule has 0 amide bonds. The fourth-order valence-corrected chi connectivity index (χ4v) is 2.07. The summed E-state index contributed by atoms with van der Waals surface area (Å²) in [5.41, 5.74) is 2.67. The average Bonchev–Trinajstić information content (AvgIpc) is 2.45. The minimum absolute atomic E-state index is 0.125. The van der Waals surface area contributed by atoms with Crippen LogP contribution in [0.4, 0.5) is 11.4 Å². The first kappa shape index (κ1) is 14.8. The fraction of sp³-hybridized carbons (Fsp3) is 0.250. The molecule has 0 aromatic heterocycles. The molecule has 0 aliphatic heterocycles. The number of anilines is 1. The molecule has 0 saturated carbocycles. The molecule has 0 heterocycles. The van der Waals surface area contributed by atoms with Crippen molar-refractivity contribution in [3.05, 3.63) is 63.7 Å². The monoisotopic (exact) mass is 286 g/mol. The van der Waals surface area contributed by atoms with Crippen LogP contribution in [0.25, 0.3) is 0 Å². The third kappa shape index (κ3) is 3.95. The van der Waals surface area contributed by atoms with E-state index < -0.39 is 0 Å². The molecule has 0 aliphatic carbocycles. The summed E-state index contributed by atoms with van der Waals surface area (Å²) in [4.78, 5) is 10.5. The van der Waals surface area contributed by atoms with Gasteiger partial charge in [0, 0.05) is 23.9 Å². The number of rotatable bonds is 6. The summed E-state index contributed by atoms with van der Waals surface area (Å²) in [7, 11) is 0. The lowest BCUT2D eigenvalue weighted by Gasteiger charge is -2.11. The summed E-state index contributed by atoms with van der Waals surface area (Å²) in [5.74, 6) is 0.826. The van der Waals surface area contributed by atoms with Crippen LogP contribution in [0.5, 0.6) is 5.75 Å². The average molecular weight is 286 g/mol. The predicted octanol–water partition coefficient (Wildman–Crippen LogP) is 3.70. The first-order valence-corrected chi connectivity index (χ1v) is 6.75. The van der Waals surface area contributed by atoms with Crippen molar-refractivity contribution in [2.45, 2.75) is 13.8 Å². The van der Waals surface area contributed by atoms with Crippen LogP contribution in [0.15, 0.2) is 42.5 Å². The summed E-state index contributed by atoms with van der Waals surface area (Å²) in [6, 6.07) is 12.8. The third-order valence-corrected chi connectivity index (χ3v) is 3.18. The van der Waals surface area contributed by atoms with Crippen LogP contribution in [0.3, 0.4) is 0 Å². The van der Waals surface area contributed by atoms with Gasteiger partial charge in [-0.1, -0.05) is 18.2 Å². The second-order valence-electron chi connectivity index (χ2n) is 4.80.